The molecule has 0 aliphatic carbocycles. The van der Waals surface area contributed by atoms with Gasteiger partial charge in [0, 0.05) is 17.1 Å². The molecule has 0 bridgehead atoms. The van der Waals surface area contributed by atoms with Crippen molar-refractivity contribution < 1.29 is 23.0 Å². The Hall–Kier alpha value is -2.20. The Balaban J connectivity index is 0.000000237. The number of hydrogen-bond donors (Lipinski definition) is 2. The van der Waals surface area contributed by atoms with Gasteiger partial charge in [-0.05, 0) is 49.3 Å². The Morgan fingerprint density at radius 2 is 2.07 bits per heavy atom. The van der Waals surface area contributed by atoms with E-state index in [0.717, 1.165) is 35.1 Å². The lowest BCUT2D eigenvalue weighted by molar-refractivity contribution is -0.126. The third-order valence-electron chi connectivity index (χ3n) is 4.07. The van der Waals surface area contributed by atoms with Crippen molar-refractivity contribution in [2.45, 2.75) is 10.9 Å². The summed E-state index contributed by atoms with van der Waals surface area (Å²) in [6.07, 6.45) is 0. The molecule has 1 saturated heterocycles. The lowest BCUT2D eigenvalue weighted by Crippen LogP contribution is -2.49. The fraction of sp³-hybridized carbons (Fsp3) is 0.316. The molecule has 1 amide bonds. The summed E-state index contributed by atoms with van der Waals surface area (Å²) >= 11 is 1.16. The molecule has 3 rings (SSSR count). The predicted molar refractivity (Wildman–Crippen MR) is 105 cm³/mol. The highest BCUT2D eigenvalue weighted by Gasteiger charge is 2.26. The van der Waals surface area contributed by atoms with E-state index >= 15 is 0 Å². The number of nitrogens with zero attached hydrogens (tertiary/aromatic N) is 1. The van der Waals surface area contributed by atoms with E-state index in [-0.39, 0.29) is 17.7 Å². The minimum atomic E-state index is -0.940. The third kappa shape index (κ3) is 6.16. The molecule has 6 nitrogen and oxygen atoms in total. The number of nitrogens with one attached hydrogen (secondary N) is 1. The second kappa shape index (κ2) is 11.0. The number of amides is 1. The normalized spacial score (nSPS) is 16.7. The van der Waals surface area contributed by atoms with Crippen molar-refractivity contribution in [1.29, 1.82) is 0 Å². The summed E-state index contributed by atoms with van der Waals surface area (Å²) in [5.41, 5.74) is 0.759. The standard InChI is InChI=1S/C12H17N3O2S.C7H6F2O/c1-15-5-6-17-8-11(15)12(16)14-9-3-2-4-10(7-9)18-13;1-10-6-4-2-3-5(8)7(6)9/h2-4,7,11H,5-6,8,13H2,1H3,(H,14,16);2-4H,1H3. The maximum absolute atomic E-state index is 12.5. The van der Waals surface area contributed by atoms with Gasteiger partial charge in [-0.1, -0.05) is 12.1 Å². The van der Waals surface area contributed by atoms with Crippen molar-refractivity contribution in [3.8, 4) is 5.75 Å². The van der Waals surface area contributed by atoms with Gasteiger partial charge in [-0.2, -0.15) is 4.39 Å². The van der Waals surface area contributed by atoms with Gasteiger partial charge in [-0.15, -0.1) is 0 Å². The number of anilines is 1. The van der Waals surface area contributed by atoms with Crippen molar-refractivity contribution in [2.24, 2.45) is 5.14 Å². The first kappa shape index (κ1) is 22.1. The third-order valence-corrected chi connectivity index (χ3v) is 4.60. The van der Waals surface area contributed by atoms with Gasteiger partial charge in [-0.25, -0.2) is 4.39 Å². The summed E-state index contributed by atoms with van der Waals surface area (Å²) in [6, 6.07) is 11.0. The summed E-state index contributed by atoms with van der Waals surface area (Å²) < 4.78 is 34.7. The zero-order chi connectivity index (χ0) is 20.5. The van der Waals surface area contributed by atoms with Crippen molar-refractivity contribution >= 4 is 23.5 Å². The smallest absolute Gasteiger partial charge is 0.244 e. The van der Waals surface area contributed by atoms with Gasteiger partial charge in [0.15, 0.2) is 11.6 Å². The summed E-state index contributed by atoms with van der Waals surface area (Å²) in [5.74, 6) is -1.94. The van der Waals surface area contributed by atoms with Crippen LogP contribution in [0.2, 0.25) is 0 Å². The van der Waals surface area contributed by atoms with E-state index in [2.05, 4.69) is 10.1 Å². The lowest BCUT2D eigenvalue weighted by atomic mass is 10.2. The van der Waals surface area contributed by atoms with Gasteiger partial charge >= 0.3 is 0 Å². The van der Waals surface area contributed by atoms with Crippen LogP contribution in [0.3, 0.4) is 0 Å². The van der Waals surface area contributed by atoms with E-state index in [1.54, 1.807) is 0 Å². The molecule has 1 aliphatic rings. The molecule has 3 N–H and O–H groups in total. The molecule has 1 fully saturated rings. The van der Waals surface area contributed by atoms with Crippen molar-refractivity contribution in [1.82, 2.24) is 4.90 Å². The average molecular weight is 411 g/mol. The molecule has 2 aromatic rings. The first-order chi connectivity index (χ1) is 13.5. The predicted octanol–water partition coefficient (Wildman–Crippen LogP) is 2.89. The number of benzene rings is 2. The fourth-order valence-corrected chi connectivity index (χ4v) is 2.83. The lowest BCUT2D eigenvalue weighted by Gasteiger charge is -2.31. The SMILES string of the molecule is CN1CCOCC1C(=O)Nc1cccc(SN)c1.COc1cccc(F)c1F. The van der Waals surface area contributed by atoms with E-state index in [9.17, 15) is 13.6 Å². The van der Waals surface area contributed by atoms with Gasteiger partial charge in [0.05, 0.1) is 20.3 Å². The second-order valence-electron chi connectivity index (χ2n) is 5.96. The van der Waals surface area contributed by atoms with Gasteiger partial charge in [0.25, 0.3) is 0 Å². The Bertz CT molecular complexity index is 795. The maximum Gasteiger partial charge on any atom is 0.244 e. The number of carbonyl (C=O) groups excluding carboxylic acids is 1. The van der Waals surface area contributed by atoms with Crippen LogP contribution in [0.1, 0.15) is 0 Å². The topological polar surface area (TPSA) is 76.8 Å². The van der Waals surface area contributed by atoms with E-state index in [1.807, 2.05) is 36.2 Å². The molecular formula is C19H23F2N3O3S. The molecule has 1 heterocycles. The second-order valence-corrected chi connectivity index (χ2v) is 6.67. The van der Waals surface area contributed by atoms with Gasteiger partial charge in [0.2, 0.25) is 11.7 Å². The van der Waals surface area contributed by atoms with Gasteiger partial charge in [-0.3, -0.25) is 14.8 Å². The van der Waals surface area contributed by atoms with Crippen LogP contribution in [-0.2, 0) is 9.53 Å². The zero-order valence-electron chi connectivity index (χ0n) is 15.7. The first-order valence-corrected chi connectivity index (χ1v) is 9.38. The number of likely N-dealkylation sites (N-methyl/N-ethyl adjacent to an activating group) is 1. The molecule has 0 spiro atoms. The van der Waals surface area contributed by atoms with Crippen molar-refractivity contribution in [3.05, 3.63) is 54.1 Å². The number of nitrogens with two attached hydrogens (primary N) is 1. The minimum Gasteiger partial charge on any atom is -0.494 e. The van der Waals surface area contributed by atoms with E-state index in [0.29, 0.717) is 13.2 Å². The quantitative estimate of drug-likeness (QED) is 0.754. The van der Waals surface area contributed by atoms with Crippen LogP contribution >= 0.6 is 11.9 Å². The Morgan fingerprint density at radius 3 is 2.71 bits per heavy atom. The van der Waals surface area contributed by atoms with Crippen molar-refractivity contribution in [2.75, 3.05) is 39.2 Å². The summed E-state index contributed by atoms with van der Waals surface area (Å²) in [4.78, 5) is 15.0. The highest BCUT2D eigenvalue weighted by molar-refractivity contribution is 7.97. The van der Waals surface area contributed by atoms with Crippen LogP contribution < -0.4 is 15.2 Å². The molecule has 9 heteroatoms. The van der Waals surface area contributed by atoms with Crippen LogP contribution in [0.5, 0.6) is 5.75 Å². The molecular weight excluding hydrogens is 388 g/mol. The Morgan fingerprint density at radius 1 is 1.32 bits per heavy atom. The fourth-order valence-electron chi connectivity index (χ4n) is 2.48. The van der Waals surface area contributed by atoms with E-state index in [1.165, 1.54) is 19.2 Å². The number of ether oxygens (including phenoxy) is 2. The number of carbonyl (C=O) groups is 1. The van der Waals surface area contributed by atoms with Gasteiger partial charge < -0.3 is 14.8 Å². The Kier molecular flexibility index (Phi) is 8.65. The molecule has 1 atom stereocenters. The molecule has 28 heavy (non-hydrogen) atoms. The highest BCUT2D eigenvalue weighted by atomic mass is 32.2. The molecule has 2 aromatic carbocycles. The zero-order valence-corrected chi connectivity index (χ0v) is 16.5. The van der Waals surface area contributed by atoms with Crippen molar-refractivity contribution in [3.63, 3.8) is 0 Å². The summed E-state index contributed by atoms with van der Waals surface area (Å²) in [5, 5.41) is 8.38. The molecule has 0 saturated carbocycles. The van der Waals surface area contributed by atoms with E-state index < -0.39 is 11.6 Å². The van der Waals surface area contributed by atoms with Crippen LogP contribution in [0.25, 0.3) is 0 Å². The molecule has 0 radical (unpaired) electrons. The van der Waals surface area contributed by atoms with Crippen LogP contribution in [-0.4, -0.2) is 50.8 Å². The number of halogens is 2. The van der Waals surface area contributed by atoms with Crippen LogP contribution in [0.4, 0.5) is 14.5 Å². The van der Waals surface area contributed by atoms with E-state index in [4.69, 9.17) is 9.88 Å². The molecule has 0 aromatic heterocycles. The molecule has 152 valence electrons. The largest absolute Gasteiger partial charge is 0.494 e. The summed E-state index contributed by atoms with van der Waals surface area (Å²) in [7, 11) is 3.22. The molecule has 1 aliphatic heterocycles. The Labute approximate surface area is 167 Å². The molecule has 1 unspecified atom stereocenters. The number of hydrogen-bond acceptors (Lipinski definition) is 6. The van der Waals surface area contributed by atoms with Crippen LogP contribution in [0, 0.1) is 11.6 Å². The van der Waals surface area contributed by atoms with Crippen LogP contribution in [0.15, 0.2) is 47.4 Å². The number of methoxy groups -OCH3 is 1. The summed E-state index contributed by atoms with van der Waals surface area (Å²) in [6.45, 7) is 1.89. The van der Waals surface area contributed by atoms with Gasteiger partial charge in [0.1, 0.15) is 6.04 Å². The minimum absolute atomic E-state index is 0.0450. The number of rotatable bonds is 4. The number of morpholine rings is 1. The first-order valence-electron chi connectivity index (χ1n) is 8.50. The average Bonchev–Trinajstić information content (AvgIpc) is 2.71. The maximum atomic E-state index is 12.5. The highest BCUT2D eigenvalue weighted by Crippen LogP contribution is 2.18. The monoisotopic (exact) mass is 411 g/mol.